The van der Waals surface area contributed by atoms with Gasteiger partial charge in [-0.25, -0.2) is 4.98 Å². The molecule has 1 aliphatic carbocycles. The Labute approximate surface area is 113 Å². The second kappa shape index (κ2) is 5.55. The lowest BCUT2D eigenvalue weighted by Crippen LogP contribution is -2.20. The van der Waals surface area contributed by atoms with Crippen LogP contribution in [0.5, 0.6) is 0 Å². The van der Waals surface area contributed by atoms with E-state index in [1.807, 2.05) is 0 Å². The van der Waals surface area contributed by atoms with Crippen molar-refractivity contribution in [1.82, 2.24) is 9.55 Å². The Balaban J connectivity index is 2.23. The first-order valence-corrected chi connectivity index (χ1v) is 7.86. The molecule has 1 unspecified atom stereocenters. The standard InChI is InChI=1S/C14H23BrN2/c1-10(2)12(8-15)9-17-11(3)16-13-6-4-5-7-14(13)17/h10,12H,4-9H2,1-3H3. The fourth-order valence-corrected chi connectivity index (χ4v) is 3.60. The minimum Gasteiger partial charge on any atom is -0.332 e. The molecule has 0 fully saturated rings. The van der Waals surface area contributed by atoms with Crippen LogP contribution >= 0.6 is 15.9 Å². The smallest absolute Gasteiger partial charge is 0.106 e. The average molecular weight is 299 g/mol. The Bertz CT molecular complexity index is 382. The van der Waals surface area contributed by atoms with E-state index in [2.05, 4.69) is 41.3 Å². The molecule has 0 amide bonds. The monoisotopic (exact) mass is 298 g/mol. The molecule has 0 saturated heterocycles. The molecule has 0 spiro atoms. The lowest BCUT2D eigenvalue weighted by molar-refractivity contribution is 0.364. The van der Waals surface area contributed by atoms with E-state index in [0.717, 1.165) is 17.8 Å². The number of fused-ring (bicyclic) bond motifs is 1. The predicted octanol–water partition coefficient (Wildman–Crippen LogP) is 3.74. The number of rotatable bonds is 4. The van der Waals surface area contributed by atoms with Gasteiger partial charge in [0.15, 0.2) is 0 Å². The van der Waals surface area contributed by atoms with E-state index in [1.165, 1.54) is 42.9 Å². The quantitative estimate of drug-likeness (QED) is 0.774. The van der Waals surface area contributed by atoms with Crippen LogP contribution in [0.25, 0.3) is 0 Å². The Hall–Kier alpha value is -0.310. The molecule has 0 bridgehead atoms. The Morgan fingerprint density at radius 1 is 1.29 bits per heavy atom. The molecule has 1 aromatic heterocycles. The average Bonchev–Trinajstić information content (AvgIpc) is 2.61. The highest BCUT2D eigenvalue weighted by atomic mass is 79.9. The first-order valence-electron chi connectivity index (χ1n) is 6.74. The molecule has 1 aliphatic rings. The van der Waals surface area contributed by atoms with Crippen LogP contribution < -0.4 is 0 Å². The zero-order valence-corrected chi connectivity index (χ0v) is 12.8. The van der Waals surface area contributed by atoms with Crippen molar-refractivity contribution in [3.05, 3.63) is 17.2 Å². The summed E-state index contributed by atoms with van der Waals surface area (Å²) in [6, 6.07) is 0. The normalized spacial score (nSPS) is 17.2. The van der Waals surface area contributed by atoms with Crippen LogP contribution in [0.2, 0.25) is 0 Å². The topological polar surface area (TPSA) is 17.8 Å². The van der Waals surface area contributed by atoms with Crippen LogP contribution in [-0.4, -0.2) is 14.9 Å². The summed E-state index contributed by atoms with van der Waals surface area (Å²) in [5.41, 5.74) is 2.88. The summed E-state index contributed by atoms with van der Waals surface area (Å²) >= 11 is 3.65. The van der Waals surface area contributed by atoms with Gasteiger partial charge in [0.05, 0.1) is 5.69 Å². The van der Waals surface area contributed by atoms with Crippen molar-refractivity contribution in [2.75, 3.05) is 5.33 Å². The van der Waals surface area contributed by atoms with E-state index < -0.39 is 0 Å². The van der Waals surface area contributed by atoms with E-state index in [9.17, 15) is 0 Å². The third kappa shape index (κ3) is 2.75. The van der Waals surface area contributed by atoms with Crippen LogP contribution in [0, 0.1) is 18.8 Å². The number of hydrogen-bond donors (Lipinski definition) is 0. The molecule has 3 heteroatoms. The van der Waals surface area contributed by atoms with Crippen LogP contribution in [0.4, 0.5) is 0 Å². The van der Waals surface area contributed by atoms with Gasteiger partial charge in [-0.2, -0.15) is 0 Å². The number of hydrogen-bond acceptors (Lipinski definition) is 1. The van der Waals surface area contributed by atoms with E-state index in [0.29, 0.717) is 5.92 Å². The van der Waals surface area contributed by atoms with Gasteiger partial charge >= 0.3 is 0 Å². The maximum absolute atomic E-state index is 4.75. The Morgan fingerprint density at radius 2 is 2.00 bits per heavy atom. The van der Waals surface area contributed by atoms with E-state index in [4.69, 9.17) is 4.98 Å². The predicted molar refractivity (Wildman–Crippen MR) is 75.7 cm³/mol. The lowest BCUT2D eigenvalue weighted by atomic mass is 9.97. The van der Waals surface area contributed by atoms with Crippen molar-refractivity contribution < 1.29 is 0 Å². The maximum Gasteiger partial charge on any atom is 0.106 e. The molecule has 1 heterocycles. The Kier molecular flexibility index (Phi) is 4.29. The molecular formula is C14H23BrN2. The van der Waals surface area contributed by atoms with Gasteiger partial charge in [0.2, 0.25) is 0 Å². The molecule has 0 aliphatic heterocycles. The van der Waals surface area contributed by atoms with Gasteiger partial charge in [0, 0.05) is 17.6 Å². The number of alkyl halides is 1. The van der Waals surface area contributed by atoms with Crippen molar-refractivity contribution in [2.45, 2.75) is 53.0 Å². The number of halogens is 1. The fourth-order valence-electron chi connectivity index (χ4n) is 2.65. The molecule has 0 radical (unpaired) electrons. The Morgan fingerprint density at radius 3 is 2.65 bits per heavy atom. The van der Waals surface area contributed by atoms with Crippen molar-refractivity contribution in [1.29, 1.82) is 0 Å². The highest BCUT2D eigenvalue weighted by Crippen LogP contribution is 2.25. The van der Waals surface area contributed by atoms with Gasteiger partial charge in [-0.05, 0) is 44.4 Å². The summed E-state index contributed by atoms with van der Waals surface area (Å²) in [7, 11) is 0. The second-order valence-corrected chi connectivity index (χ2v) is 6.18. The first-order chi connectivity index (χ1) is 8.13. The third-order valence-electron chi connectivity index (χ3n) is 3.98. The maximum atomic E-state index is 4.75. The molecule has 1 atom stereocenters. The van der Waals surface area contributed by atoms with Gasteiger partial charge in [0.25, 0.3) is 0 Å². The van der Waals surface area contributed by atoms with Crippen molar-refractivity contribution in [2.24, 2.45) is 11.8 Å². The van der Waals surface area contributed by atoms with Gasteiger partial charge in [-0.3, -0.25) is 0 Å². The zero-order valence-electron chi connectivity index (χ0n) is 11.2. The van der Waals surface area contributed by atoms with Crippen molar-refractivity contribution >= 4 is 15.9 Å². The second-order valence-electron chi connectivity index (χ2n) is 5.53. The summed E-state index contributed by atoms with van der Waals surface area (Å²) in [4.78, 5) is 4.75. The number of imidazole rings is 1. The number of aromatic nitrogens is 2. The van der Waals surface area contributed by atoms with Gasteiger partial charge in [0.1, 0.15) is 5.82 Å². The summed E-state index contributed by atoms with van der Waals surface area (Å²) in [5, 5.41) is 1.08. The molecule has 0 aromatic carbocycles. The van der Waals surface area contributed by atoms with Gasteiger partial charge < -0.3 is 4.57 Å². The summed E-state index contributed by atoms with van der Waals surface area (Å²) in [5.74, 6) is 2.63. The summed E-state index contributed by atoms with van der Waals surface area (Å²) < 4.78 is 2.47. The third-order valence-corrected chi connectivity index (χ3v) is 4.81. The molecule has 2 rings (SSSR count). The number of aryl methyl sites for hydroxylation is 2. The first kappa shape index (κ1) is 13.1. The van der Waals surface area contributed by atoms with E-state index in [-0.39, 0.29) is 0 Å². The molecule has 0 saturated carbocycles. The minimum atomic E-state index is 0.703. The summed E-state index contributed by atoms with van der Waals surface area (Å²) in [6.07, 6.45) is 5.06. The molecule has 96 valence electrons. The largest absolute Gasteiger partial charge is 0.332 e. The highest BCUT2D eigenvalue weighted by molar-refractivity contribution is 9.09. The number of nitrogens with zero attached hydrogens (tertiary/aromatic N) is 2. The van der Waals surface area contributed by atoms with Crippen LogP contribution in [0.15, 0.2) is 0 Å². The van der Waals surface area contributed by atoms with Crippen LogP contribution in [0.1, 0.15) is 43.9 Å². The lowest BCUT2D eigenvalue weighted by Gasteiger charge is -2.22. The minimum absolute atomic E-state index is 0.703. The fraction of sp³-hybridized carbons (Fsp3) is 0.786. The van der Waals surface area contributed by atoms with Crippen LogP contribution in [0.3, 0.4) is 0 Å². The zero-order chi connectivity index (χ0) is 12.4. The van der Waals surface area contributed by atoms with Crippen molar-refractivity contribution in [3.8, 4) is 0 Å². The molecule has 1 aromatic rings. The SMILES string of the molecule is Cc1nc2c(n1CC(CBr)C(C)C)CCCC2. The molecule has 17 heavy (non-hydrogen) atoms. The van der Waals surface area contributed by atoms with Gasteiger partial charge in [-0.15, -0.1) is 0 Å². The molecular weight excluding hydrogens is 276 g/mol. The van der Waals surface area contributed by atoms with Crippen LogP contribution in [-0.2, 0) is 19.4 Å². The van der Waals surface area contributed by atoms with Gasteiger partial charge in [-0.1, -0.05) is 29.8 Å². The summed E-state index contributed by atoms with van der Waals surface area (Å²) in [6.45, 7) is 7.90. The molecule has 2 nitrogen and oxygen atoms in total. The highest BCUT2D eigenvalue weighted by Gasteiger charge is 2.21. The van der Waals surface area contributed by atoms with E-state index >= 15 is 0 Å². The van der Waals surface area contributed by atoms with Crippen molar-refractivity contribution in [3.63, 3.8) is 0 Å². The van der Waals surface area contributed by atoms with E-state index in [1.54, 1.807) is 0 Å². The molecule has 0 N–H and O–H groups in total.